The van der Waals surface area contributed by atoms with Crippen LogP contribution < -0.4 is 0 Å². The third-order valence-electron chi connectivity index (χ3n) is 5.03. The molecule has 1 aliphatic rings. The Morgan fingerprint density at radius 3 is 2.38 bits per heavy atom. The van der Waals surface area contributed by atoms with E-state index < -0.39 is 29.1 Å². The highest BCUT2D eigenvalue weighted by Gasteiger charge is 2.42. The number of amides is 1. The van der Waals surface area contributed by atoms with E-state index in [9.17, 15) is 19.5 Å². The van der Waals surface area contributed by atoms with Gasteiger partial charge in [-0.25, -0.2) is 4.79 Å². The molecule has 0 radical (unpaired) electrons. The van der Waals surface area contributed by atoms with Gasteiger partial charge in [0.25, 0.3) is 5.91 Å². The molecule has 1 saturated heterocycles. The van der Waals surface area contributed by atoms with Gasteiger partial charge in [0.1, 0.15) is 6.04 Å². The average molecular weight is 359 g/mol. The highest BCUT2D eigenvalue weighted by atomic mass is 16.4. The fraction of sp³-hybridized carbons (Fsp3) is 0.571. The molecule has 2 unspecified atom stereocenters. The third kappa shape index (κ3) is 4.93. The highest BCUT2D eigenvalue weighted by Crippen LogP contribution is 2.30. The smallest absolute Gasteiger partial charge is 0.326 e. The van der Waals surface area contributed by atoms with Crippen LogP contribution in [0.1, 0.15) is 52.0 Å². The second-order valence-electron chi connectivity index (χ2n) is 8.14. The molecular weight excluding hydrogens is 330 g/mol. The summed E-state index contributed by atoms with van der Waals surface area (Å²) in [5, 5.41) is 9.72. The Hall–Kier alpha value is -2.17. The molecule has 1 N–H and O–H groups in total. The first-order valence-electron chi connectivity index (χ1n) is 9.34. The molecule has 0 bridgehead atoms. The predicted molar refractivity (Wildman–Crippen MR) is 99.7 cm³/mol. The Labute approximate surface area is 155 Å². The summed E-state index contributed by atoms with van der Waals surface area (Å²) >= 11 is 0. The monoisotopic (exact) mass is 359 g/mol. The van der Waals surface area contributed by atoms with Gasteiger partial charge in [-0.1, -0.05) is 51.1 Å². The van der Waals surface area contributed by atoms with Crippen LogP contribution in [0, 0.1) is 11.3 Å². The summed E-state index contributed by atoms with van der Waals surface area (Å²) < 4.78 is 0. The van der Waals surface area contributed by atoms with Crippen molar-refractivity contribution >= 4 is 17.7 Å². The van der Waals surface area contributed by atoms with Gasteiger partial charge in [0.2, 0.25) is 5.78 Å². The SMILES string of the molecule is CC(C)(C)C(=O)C(=O)N1CCCC(CCCc2ccccc2)C1C(=O)O. The van der Waals surface area contributed by atoms with Crippen LogP contribution in [0.25, 0.3) is 0 Å². The molecule has 1 aliphatic heterocycles. The maximum Gasteiger partial charge on any atom is 0.326 e. The van der Waals surface area contributed by atoms with Gasteiger partial charge in [0.05, 0.1) is 0 Å². The standard InChI is InChI=1S/C21H29NO4/c1-21(2,3)18(23)19(24)22-14-8-13-16(17(22)20(25)26)12-7-11-15-9-5-4-6-10-15/h4-6,9-10,16-17H,7-8,11-14H2,1-3H3,(H,25,26). The van der Waals surface area contributed by atoms with E-state index in [2.05, 4.69) is 12.1 Å². The lowest BCUT2D eigenvalue weighted by Gasteiger charge is -2.39. The number of carboxylic acid groups (broad SMARTS) is 1. The van der Waals surface area contributed by atoms with E-state index in [1.807, 2.05) is 18.2 Å². The minimum atomic E-state index is -1.01. The van der Waals surface area contributed by atoms with Gasteiger partial charge in [0, 0.05) is 12.0 Å². The molecule has 2 atom stereocenters. The molecule has 0 aliphatic carbocycles. The summed E-state index contributed by atoms with van der Waals surface area (Å²) in [5.74, 6) is -2.29. The summed E-state index contributed by atoms with van der Waals surface area (Å²) in [6.45, 7) is 5.39. The second-order valence-corrected chi connectivity index (χ2v) is 8.14. The summed E-state index contributed by atoms with van der Waals surface area (Å²) in [5.41, 5.74) is 0.423. The van der Waals surface area contributed by atoms with E-state index in [0.717, 1.165) is 32.1 Å². The first-order valence-corrected chi connectivity index (χ1v) is 9.34. The lowest BCUT2D eigenvalue weighted by atomic mass is 9.83. The Balaban J connectivity index is 2.05. The Morgan fingerprint density at radius 2 is 1.81 bits per heavy atom. The van der Waals surface area contributed by atoms with E-state index >= 15 is 0 Å². The van der Waals surface area contributed by atoms with Crippen molar-refractivity contribution in [3.63, 3.8) is 0 Å². The van der Waals surface area contributed by atoms with Gasteiger partial charge in [-0.3, -0.25) is 9.59 Å². The van der Waals surface area contributed by atoms with Crippen LogP contribution in [0.3, 0.4) is 0 Å². The number of carbonyl (C=O) groups is 3. The number of carboxylic acids is 1. The zero-order valence-corrected chi connectivity index (χ0v) is 15.9. The van der Waals surface area contributed by atoms with Crippen molar-refractivity contribution in [2.45, 2.75) is 58.9 Å². The number of likely N-dealkylation sites (tertiary alicyclic amines) is 1. The number of aliphatic carboxylic acids is 1. The number of rotatable bonds is 6. The number of benzene rings is 1. The van der Waals surface area contributed by atoms with E-state index in [-0.39, 0.29) is 5.92 Å². The second kappa shape index (κ2) is 8.47. The number of hydrogen-bond donors (Lipinski definition) is 1. The van der Waals surface area contributed by atoms with Crippen LogP contribution in [0.4, 0.5) is 0 Å². The lowest BCUT2D eigenvalue weighted by molar-refractivity contribution is -0.160. The molecule has 2 rings (SSSR count). The van der Waals surface area contributed by atoms with Crippen LogP contribution in [-0.4, -0.2) is 40.3 Å². The number of nitrogens with zero attached hydrogens (tertiary/aromatic N) is 1. The molecule has 142 valence electrons. The topological polar surface area (TPSA) is 74.7 Å². The first-order chi connectivity index (χ1) is 12.2. The summed E-state index contributed by atoms with van der Waals surface area (Å²) in [7, 11) is 0. The van der Waals surface area contributed by atoms with Crippen LogP contribution in [0.2, 0.25) is 0 Å². The molecule has 0 saturated carbocycles. The number of hydrogen-bond acceptors (Lipinski definition) is 3. The zero-order valence-electron chi connectivity index (χ0n) is 15.9. The molecule has 5 nitrogen and oxygen atoms in total. The van der Waals surface area contributed by atoms with Crippen molar-refractivity contribution in [2.75, 3.05) is 6.54 Å². The molecule has 0 spiro atoms. The lowest BCUT2D eigenvalue weighted by Crippen LogP contribution is -2.55. The van der Waals surface area contributed by atoms with Crippen LogP contribution in [-0.2, 0) is 20.8 Å². The van der Waals surface area contributed by atoms with Crippen LogP contribution in [0.15, 0.2) is 30.3 Å². The van der Waals surface area contributed by atoms with E-state index in [4.69, 9.17) is 0 Å². The maximum atomic E-state index is 12.6. The van der Waals surface area contributed by atoms with Gasteiger partial charge in [-0.2, -0.15) is 0 Å². The normalized spacial score (nSPS) is 20.7. The molecule has 26 heavy (non-hydrogen) atoms. The Morgan fingerprint density at radius 1 is 1.15 bits per heavy atom. The van der Waals surface area contributed by atoms with Gasteiger partial charge < -0.3 is 10.0 Å². The maximum absolute atomic E-state index is 12.6. The highest BCUT2D eigenvalue weighted by molar-refractivity contribution is 6.38. The molecule has 0 aromatic heterocycles. The Bertz CT molecular complexity index is 648. The zero-order chi connectivity index (χ0) is 19.3. The van der Waals surface area contributed by atoms with Gasteiger partial charge >= 0.3 is 5.97 Å². The van der Waals surface area contributed by atoms with Gasteiger partial charge in [-0.15, -0.1) is 0 Å². The van der Waals surface area contributed by atoms with E-state index in [0.29, 0.717) is 6.54 Å². The molecule has 1 heterocycles. The number of piperidine rings is 1. The molecule has 1 aromatic rings. The minimum absolute atomic E-state index is 0.110. The fourth-order valence-corrected chi connectivity index (χ4v) is 3.60. The van der Waals surface area contributed by atoms with Crippen molar-refractivity contribution < 1.29 is 19.5 Å². The third-order valence-corrected chi connectivity index (χ3v) is 5.03. The van der Waals surface area contributed by atoms with E-state index in [1.165, 1.54) is 10.5 Å². The van der Waals surface area contributed by atoms with Crippen molar-refractivity contribution in [2.24, 2.45) is 11.3 Å². The largest absolute Gasteiger partial charge is 0.480 e. The Kier molecular flexibility index (Phi) is 6.57. The number of ketones is 1. The van der Waals surface area contributed by atoms with Gasteiger partial charge in [0.15, 0.2) is 0 Å². The number of Topliss-reactive ketones (excluding diaryl/α,β-unsaturated/α-hetero) is 1. The number of aryl methyl sites for hydroxylation is 1. The molecule has 1 amide bonds. The van der Waals surface area contributed by atoms with Crippen molar-refractivity contribution in [3.05, 3.63) is 35.9 Å². The first kappa shape index (κ1) is 20.1. The average Bonchev–Trinajstić information content (AvgIpc) is 2.60. The number of carbonyl (C=O) groups excluding carboxylic acids is 2. The fourth-order valence-electron chi connectivity index (χ4n) is 3.60. The van der Waals surface area contributed by atoms with Crippen molar-refractivity contribution in [3.8, 4) is 0 Å². The van der Waals surface area contributed by atoms with E-state index in [1.54, 1.807) is 20.8 Å². The molecule has 1 fully saturated rings. The quantitative estimate of drug-likeness (QED) is 0.791. The summed E-state index contributed by atoms with van der Waals surface area (Å²) in [6, 6.07) is 9.18. The molecule has 1 aromatic carbocycles. The van der Waals surface area contributed by atoms with Gasteiger partial charge in [-0.05, 0) is 43.6 Å². The summed E-state index contributed by atoms with van der Waals surface area (Å²) in [6.07, 6.45) is 4.01. The van der Waals surface area contributed by atoms with Crippen molar-refractivity contribution in [1.82, 2.24) is 4.90 Å². The molecular formula is C21H29NO4. The van der Waals surface area contributed by atoms with Crippen molar-refractivity contribution in [1.29, 1.82) is 0 Å². The molecule has 5 heteroatoms. The van der Waals surface area contributed by atoms with Crippen LogP contribution in [0.5, 0.6) is 0 Å². The van der Waals surface area contributed by atoms with Crippen LogP contribution >= 0.6 is 0 Å². The summed E-state index contributed by atoms with van der Waals surface area (Å²) in [4.78, 5) is 38.1. The predicted octanol–water partition coefficient (Wildman–Crippen LogP) is 3.32. The minimum Gasteiger partial charge on any atom is -0.480 e.